The summed E-state index contributed by atoms with van der Waals surface area (Å²) in [5.41, 5.74) is 0. The summed E-state index contributed by atoms with van der Waals surface area (Å²) in [4.78, 5) is 2.47. The van der Waals surface area contributed by atoms with E-state index in [4.69, 9.17) is 5.11 Å². The molecule has 0 saturated heterocycles. The lowest BCUT2D eigenvalue weighted by molar-refractivity contribution is 0.156. The van der Waals surface area contributed by atoms with Crippen LogP contribution in [0.25, 0.3) is 0 Å². The summed E-state index contributed by atoms with van der Waals surface area (Å²) < 4.78 is 0. The number of rotatable bonds is 7. The molecule has 1 fully saturated rings. The van der Waals surface area contributed by atoms with Gasteiger partial charge < -0.3 is 15.3 Å². The van der Waals surface area contributed by atoms with Gasteiger partial charge in [-0.2, -0.15) is 0 Å². The van der Waals surface area contributed by atoms with E-state index in [0.29, 0.717) is 6.54 Å². The smallest absolute Gasteiger partial charge is 0.0636 e. The molecule has 3 heteroatoms. The van der Waals surface area contributed by atoms with Crippen molar-refractivity contribution in [3.63, 3.8) is 0 Å². The van der Waals surface area contributed by atoms with Gasteiger partial charge in [-0.15, -0.1) is 0 Å². The second-order valence-electron chi connectivity index (χ2n) is 4.47. The monoisotopic (exact) mass is 200 g/mol. The summed E-state index contributed by atoms with van der Waals surface area (Å²) >= 11 is 0. The third-order valence-corrected chi connectivity index (χ3v) is 3.00. The van der Waals surface area contributed by atoms with E-state index in [2.05, 4.69) is 17.3 Å². The summed E-state index contributed by atoms with van der Waals surface area (Å²) in [5.74, 6) is 0. The maximum atomic E-state index is 9.02. The molecule has 0 aromatic heterocycles. The van der Waals surface area contributed by atoms with Gasteiger partial charge in [-0.05, 0) is 46.3 Å². The highest BCUT2D eigenvalue weighted by atomic mass is 16.3. The van der Waals surface area contributed by atoms with Gasteiger partial charge in [0.2, 0.25) is 0 Å². The molecule has 1 aliphatic carbocycles. The van der Waals surface area contributed by atoms with Crippen molar-refractivity contribution in [1.82, 2.24) is 10.2 Å². The van der Waals surface area contributed by atoms with Crippen molar-refractivity contribution in [3.8, 4) is 0 Å². The van der Waals surface area contributed by atoms with Gasteiger partial charge in [-0.1, -0.05) is 6.42 Å². The fourth-order valence-electron chi connectivity index (χ4n) is 1.77. The minimum Gasteiger partial charge on any atom is -0.392 e. The standard InChI is InChI=1S/C11H24N2O/c1-10(14)9-12-7-4-8-13(2)11-5-3-6-11/h10-12,14H,3-9H2,1-2H3. The lowest BCUT2D eigenvalue weighted by Crippen LogP contribution is -2.38. The molecule has 1 rings (SSSR count). The van der Waals surface area contributed by atoms with Gasteiger partial charge in [0.15, 0.2) is 0 Å². The Morgan fingerprint density at radius 2 is 2.21 bits per heavy atom. The molecule has 0 aromatic carbocycles. The maximum Gasteiger partial charge on any atom is 0.0636 e. The number of nitrogens with one attached hydrogen (secondary N) is 1. The van der Waals surface area contributed by atoms with E-state index >= 15 is 0 Å². The predicted molar refractivity (Wildman–Crippen MR) is 59.4 cm³/mol. The average molecular weight is 200 g/mol. The molecule has 0 radical (unpaired) electrons. The average Bonchev–Trinajstić information content (AvgIpc) is 1.99. The summed E-state index contributed by atoms with van der Waals surface area (Å²) in [7, 11) is 2.22. The van der Waals surface area contributed by atoms with E-state index in [0.717, 1.165) is 12.6 Å². The second-order valence-corrected chi connectivity index (χ2v) is 4.47. The third-order valence-electron chi connectivity index (χ3n) is 3.00. The molecule has 0 bridgehead atoms. The third kappa shape index (κ3) is 4.40. The molecule has 1 unspecified atom stereocenters. The highest BCUT2D eigenvalue weighted by Gasteiger charge is 2.20. The van der Waals surface area contributed by atoms with E-state index in [9.17, 15) is 0 Å². The lowest BCUT2D eigenvalue weighted by atomic mass is 9.92. The molecule has 1 aliphatic rings. The van der Waals surface area contributed by atoms with Gasteiger partial charge in [0.25, 0.3) is 0 Å². The molecule has 0 aliphatic heterocycles. The second kappa shape index (κ2) is 6.38. The number of aliphatic hydroxyl groups is 1. The Kier molecular flexibility index (Phi) is 5.45. The first-order valence-corrected chi connectivity index (χ1v) is 5.79. The van der Waals surface area contributed by atoms with E-state index in [1.165, 1.54) is 32.2 Å². The summed E-state index contributed by atoms with van der Waals surface area (Å²) in [6.45, 7) is 4.72. The van der Waals surface area contributed by atoms with Crippen LogP contribution in [0.4, 0.5) is 0 Å². The number of nitrogens with zero attached hydrogens (tertiary/aromatic N) is 1. The lowest BCUT2D eigenvalue weighted by Gasteiger charge is -2.34. The normalized spacial score (nSPS) is 19.7. The summed E-state index contributed by atoms with van der Waals surface area (Å²) in [5, 5.41) is 12.3. The van der Waals surface area contributed by atoms with Crippen LogP contribution in [0.15, 0.2) is 0 Å². The largest absolute Gasteiger partial charge is 0.392 e. The molecule has 0 aromatic rings. The number of hydrogen-bond acceptors (Lipinski definition) is 3. The molecule has 2 N–H and O–H groups in total. The van der Waals surface area contributed by atoms with Crippen LogP contribution in [-0.2, 0) is 0 Å². The minimum atomic E-state index is -0.223. The zero-order valence-corrected chi connectivity index (χ0v) is 9.50. The van der Waals surface area contributed by atoms with Crippen LogP contribution >= 0.6 is 0 Å². The van der Waals surface area contributed by atoms with Crippen LogP contribution in [0.3, 0.4) is 0 Å². The maximum absolute atomic E-state index is 9.02. The van der Waals surface area contributed by atoms with Gasteiger partial charge >= 0.3 is 0 Å². The van der Waals surface area contributed by atoms with Gasteiger partial charge in [-0.3, -0.25) is 0 Å². The van der Waals surface area contributed by atoms with Crippen LogP contribution in [-0.4, -0.2) is 48.8 Å². The molecule has 0 spiro atoms. The number of hydrogen-bond donors (Lipinski definition) is 2. The van der Waals surface area contributed by atoms with Gasteiger partial charge in [0.1, 0.15) is 0 Å². The van der Waals surface area contributed by atoms with Crippen molar-refractivity contribution in [2.45, 2.75) is 44.8 Å². The van der Waals surface area contributed by atoms with Crippen molar-refractivity contribution >= 4 is 0 Å². The van der Waals surface area contributed by atoms with E-state index in [1.807, 2.05) is 6.92 Å². The minimum absolute atomic E-state index is 0.223. The Morgan fingerprint density at radius 3 is 2.71 bits per heavy atom. The van der Waals surface area contributed by atoms with Crippen molar-refractivity contribution in [1.29, 1.82) is 0 Å². The Morgan fingerprint density at radius 1 is 1.50 bits per heavy atom. The van der Waals surface area contributed by atoms with Crippen LogP contribution in [0.5, 0.6) is 0 Å². The first kappa shape index (κ1) is 12.0. The molecule has 84 valence electrons. The van der Waals surface area contributed by atoms with E-state index < -0.39 is 0 Å². The first-order valence-electron chi connectivity index (χ1n) is 5.79. The van der Waals surface area contributed by atoms with Crippen LogP contribution in [0.1, 0.15) is 32.6 Å². The molecule has 1 saturated carbocycles. The van der Waals surface area contributed by atoms with Crippen molar-refractivity contribution < 1.29 is 5.11 Å². The molecule has 0 amide bonds. The summed E-state index contributed by atoms with van der Waals surface area (Å²) in [6.07, 6.45) is 5.14. The molecular formula is C11H24N2O. The van der Waals surface area contributed by atoms with Gasteiger partial charge in [-0.25, -0.2) is 0 Å². The van der Waals surface area contributed by atoms with Gasteiger partial charge in [0.05, 0.1) is 6.10 Å². The first-order chi connectivity index (χ1) is 6.70. The predicted octanol–water partition coefficient (Wildman–Crippen LogP) is 0.831. The zero-order valence-electron chi connectivity index (χ0n) is 9.50. The van der Waals surface area contributed by atoms with Crippen molar-refractivity contribution in [3.05, 3.63) is 0 Å². The van der Waals surface area contributed by atoms with Crippen LogP contribution in [0.2, 0.25) is 0 Å². The Balaban J connectivity index is 1.87. The Hall–Kier alpha value is -0.120. The zero-order chi connectivity index (χ0) is 10.4. The fourth-order valence-corrected chi connectivity index (χ4v) is 1.77. The van der Waals surface area contributed by atoms with Crippen LogP contribution < -0.4 is 5.32 Å². The van der Waals surface area contributed by atoms with Crippen LogP contribution in [0, 0.1) is 0 Å². The van der Waals surface area contributed by atoms with E-state index in [1.54, 1.807) is 0 Å². The highest BCUT2D eigenvalue weighted by Crippen LogP contribution is 2.23. The fraction of sp³-hybridized carbons (Fsp3) is 1.00. The Labute approximate surface area is 87.5 Å². The molecular weight excluding hydrogens is 176 g/mol. The molecule has 0 heterocycles. The number of aliphatic hydroxyl groups excluding tert-OH is 1. The SMILES string of the molecule is CC(O)CNCCCN(C)C1CCC1. The molecule has 14 heavy (non-hydrogen) atoms. The van der Waals surface area contributed by atoms with Crippen molar-refractivity contribution in [2.24, 2.45) is 0 Å². The van der Waals surface area contributed by atoms with E-state index in [-0.39, 0.29) is 6.10 Å². The summed E-state index contributed by atoms with van der Waals surface area (Å²) in [6, 6.07) is 0.853. The topological polar surface area (TPSA) is 35.5 Å². The molecule has 3 nitrogen and oxygen atoms in total. The Bertz CT molecular complexity index is 146. The molecule has 1 atom stereocenters. The van der Waals surface area contributed by atoms with Crippen molar-refractivity contribution in [2.75, 3.05) is 26.7 Å². The van der Waals surface area contributed by atoms with Gasteiger partial charge in [0, 0.05) is 12.6 Å². The quantitative estimate of drug-likeness (QED) is 0.598. The highest BCUT2D eigenvalue weighted by molar-refractivity contribution is 4.77.